The third-order valence-corrected chi connectivity index (χ3v) is 23.3. The molecule has 4 aliphatic rings. The van der Waals surface area contributed by atoms with Crippen LogP contribution in [-0.2, 0) is 42.8 Å². The monoisotopic (exact) mass is 1720 g/mol. The van der Waals surface area contributed by atoms with Gasteiger partial charge >= 0.3 is 5.92 Å². The number of carbonyl (C=O) groups is 1. The van der Waals surface area contributed by atoms with Gasteiger partial charge in [-0.05, 0) is 221 Å². The number of carbonyl (C=O) groups excluding carboxylic acids is 1. The van der Waals surface area contributed by atoms with Gasteiger partial charge in [-0.3, -0.25) is 9.78 Å². The van der Waals surface area contributed by atoms with Gasteiger partial charge in [-0.15, -0.1) is 0 Å². The average molecular weight is 1720 g/mol. The van der Waals surface area contributed by atoms with E-state index in [-0.39, 0.29) is 23.1 Å². The molecule has 0 spiro atoms. The zero-order valence-corrected chi connectivity index (χ0v) is 78.9. The van der Waals surface area contributed by atoms with Crippen LogP contribution in [0.5, 0.6) is 23.0 Å². The van der Waals surface area contributed by atoms with Gasteiger partial charge in [-0.1, -0.05) is 152 Å². The summed E-state index contributed by atoms with van der Waals surface area (Å²) in [6.45, 7) is 52.3. The van der Waals surface area contributed by atoms with E-state index in [2.05, 4.69) is 227 Å². The fraction of sp³-hybridized carbons (Fsp3) is 0.413. The average Bonchev–Trinajstić information content (AvgIpc) is 1.62. The molecule has 23 heteroatoms. The quantitative estimate of drug-likeness (QED) is 0.0739. The van der Waals surface area contributed by atoms with Gasteiger partial charge in [0.2, 0.25) is 5.91 Å². The highest BCUT2D eigenvalue weighted by molar-refractivity contribution is 5.93. The third-order valence-electron chi connectivity index (χ3n) is 23.3. The van der Waals surface area contributed by atoms with E-state index in [1.807, 2.05) is 143 Å². The molecule has 670 valence electrons. The Morgan fingerprint density at radius 1 is 0.449 bits per heavy atom. The first-order chi connectivity index (χ1) is 60.7. The van der Waals surface area contributed by atoms with Crippen LogP contribution >= 0.6 is 0 Å². The van der Waals surface area contributed by atoms with Crippen LogP contribution in [-0.4, -0.2) is 106 Å². The molecular weight excluding hydrogens is 1590 g/mol. The lowest BCUT2D eigenvalue weighted by atomic mass is 9.80. The number of halogens is 2. The Morgan fingerprint density at radius 3 is 1.37 bits per heavy atom. The fourth-order valence-corrected chi connectivity index (χ4v) is 16.3. The van der Waals surface area contributed by atoms with Crippen LogP contribution in [0.15, 0.2) is 177 Å². The van der Waals surface area contributed by atoms with Gasteiger partial charge in [0, 0.05) is 80.4 Å². The largest absolute Gasteiger partial charge is 0.492 e. The summed E-state index contributed by atoms with van der Waals surface area (Å²) < 4.78 is 68.5. The van der Waals surface area contributed by atoms with Gasteiger partial charge < -0.3 is 55.8 Å². The number of benzene rings is 6. The van der Waals surface area contributed by atoms with E-state index in [1.165, 1.54) is 57.5 Å². The molecule has 11 heterocycles. The predicted molar refractivity (Wildman–Crippen MR) is 504 cm³/mol. The van der Waals surface area contributed by atoms with Crippen LogP contribution in [0, 0.1) is 41.5 Å². The molecule has 3 aliphatic heterocycles. The maximum atomic E-state index is 14.1. The SMILES string of the molecule is CC(=O)N1CCc2nc(C(C)C)ccc21.CCCOc1cc(C(C)C)ccc1-n1cnc(C)c1.CCOc1cc(C(C)C)ccc1-n1cnc(CC)c1.Cc1cn(-c2ccc(C(C)C)c3c(C)noc23)cn1.Cc1cn(-c2ccc(C(C)C)c3c2CC3)cn1.Cc1cn(-c2ccc(C(C)C)c3c2OCC3(F)F)cn1.Cc1cn(-c2ccc(C(C)C)c3c2OCC3)cn1. The first-order valence-corrected chi connectivity index (χ1v) is 45.1. The maximum absolute atomic E-state index is 14.1. The predicted octanol–water partition coefficient (Wildman–Crippen LogP) is 24.3. The number of ether oxygens (including phenoxy) is 4. The molecule has 8 aromatic heterocycles. The van der Waals surface area contributed by atoms with E-state index < -0.39 is 12.5 Å². The lowest BCUT2D eigenvalue weighted by Gasteiger charge is -2.27. The van der Waals surface area contributed by atoms with Crippen molar-refractivity contribution >= 4 is 22.6 Å². The minimum absolute atomic E-state index is 0.0231. The van der Waals surface area contributed by atoms with E-state index in [9.17, 15) is 13.6 Å². The van der Waals surface area contributed by atoms with E-state index in [0.29, 0.717) is 53.4 Å². The van der Waals surface area contributed by atoms with Crippen molar-refractivity contribution in [3.8, 4) is 57.1 Å². The zero-order chi connectivity index (χ0) is 91.4. The second kappa shape index (κ2) is 41.5. The molecule has 1 aliphatic carbocycles. The van der Waals surface area contributed by atoms with E-state index in [4.69, 9.17) is 23.5 Å². The second-order valence-electron chi connectivity index (χ2n) is 35.4. The lowest BCUT2D eigenvalue weighted by Crippen LogP contribution is -2.25. The van der Waals surface area contributed by atoms with Crippen molar-refractivity contribution in [2.75, 3.05) is 37.9 Å². The highest BCUT2D eigenvalue weighted by atomic mass is 19.3. The summed E-state index contributed by atoms with van der Waals surface area (Å²) in [7, 11) is 0. The van der Waals surface area contributed by atoms with Crippen molar-refractivity contribution in [3.63, 3.8) is 0 Å². The third kappa shape index (κ3) is 21.9. The number of hydrogen-bond donors (Lipinski definition) is 0. The highest BCUT2D eigenvalue weighted by Gasteiger charge is 2.45. The number of aromatic nitrogens is 14. The molecule has 0 atom stereocenters. The molecule has 0 radical (unpaired) electrons. The normalized spacial score (nSPS) is 13.1. The van der Waals surface area contributed by atoms with Crippen molar-refractivity contribution in [3.05, 3.63) is 279 Å². The molecule has 0 unspecified atom stereocenters. The van der Waals surface area contributed by atoms with Gasteiger partial charge in [-0.2, -0.15) is 8.78 Å². The van der Waals surface area contributed by atoms with Gasteiger partial charge in [0.25, 0.3) is 0 Å². The number of hydrogen-bond acceptors (Lipinski definition) is 14. The number of amides is 1. The topological polar surface area (TPSA) is 203 Å². The number of nitrogens with zero attached hydrogens (tertiary/aromatic N) is 15. The molecular formula is C104H129F2N15O6. The van der Waals surface area contributed by atoms with Crippen LogP contribution < -0.4 is 23.8 Å². The van der Waals surface area contributed by atoms with Crippen molar-refractivity contribution in [2.45, 2.75) is 252 Å². The van der Waals surface area contributed by atoms with Gasteiger partial charge in [0.05, 0.1) is 148 Å². The number of aryl methyl sites for hydroxylation is 7. The summed E-state index contributed by atoms with van der Waals surface area (Å²) in [4.78, 5) is 43.4. The second-order valence-corrected chi connectivity index (χ2v) is 35.4. The first-order valence-electron chi connectivity index (χ1n) is 45.1. The van der Waals surface area contributed by atoms with E-state index in [0.717, 1.165) is 153 Å². The van der Waals surface area contributed by atoms with E-state index >= 15 is 0 Å². The Labute approximate surface area is 749 Å². The molecule has 1 amide bonds. The number of rotatable bonds is 19. The molecule has 0 N–H and O–H groups in total. The number of imidazole rings is 6. The smallest absolute Gasteiger partial charge is 0.310 e. The molecule has 0 saturated carbocycles. The maximum Gasteiger partial charge on any atom is 0.310 e. The summed E-state index contributed by atoms with van der Waals surface area (Å²) in [5.41, 5.74) is 29.0. The molecule has 0 saturated heterocycles. The Balaban J connectivity index is 0.000000135. The molecule has 18 rings (SSSR count). The molecule has 21 nitrogen and oxygen atoms in total. The van der Waals surface area contributed by atoms with Crippen LogP contribution in [0.25, 0.3) is 45.1 Å². The minimum Gasteiger partial charge on any atom is -0.492 e. The van der Waals surface area contributed by atoms with Crippen LogP contribution in [0.2, 0.25) is 0 Å². The van der Waals surface area contributed by atoms with Crippen LogP contribution in [0.3, 0.4) is 0 Å². The minimum atomic E-state index is -2.93. The number of fused-ring (bicyclic) bond motifs is 5. The molecule has 0 fully saturated rings. The van der Waals surface area contributed by atoms with Crippen molar-refractivity contribution in [1.29, 1.82) is 0 Å². The Morgan fingerprint density at radius 2 is 0.898 bits per heavy atom. The molecule has 127 heavy (non-hydrogen) atoms. The summed E-state index contributed by atoms with van der Waals surface area (Å²) in [5, 5.41) is 5.25. The summed E-state index contributed by atoms with van der Waals surface area (Å²) in [5.74, 6) is 3.44. The number of alkyl halides is 2. The van der Waals surface area contributed by atoms with E-state index in [1.54, 1.807) is 46.9 Å². The van der Waals surface area contributed by atoms with Crippen LogP contribution in [0.1, 0.15) is 279 Å². The van der Waals surface area contributed by atoms with Crippen molar-refractivity contribution in [2.24, 2.45) is 0 Å². The Hall–Kier alpha value is -12.3. The molecule has 0 bridgehead atoms. The van der Waals surface area contributed by atoms with Crippen molar-refractivity contribution in [1.82, 2.24) is 67.4 Å². The summed E-state index contributed by atoms with van der Waals surface area (Å²) >= 11 is 0. The van der Waals surface area contributed by atoms with Crippen molar-refractivity contribution < 1.29 is 37.0 Å². The lowest BCUT2D eigenvalue weighted by molar-refractivity contribution is -0.116. The van der Waals surface area contributed by atoms with Gasteiger partial charge in [0.1, 0.15) is 17.2 Å². The molecule has 14 aromatic rings. The van der Waals surface area contributed by atoms with Gasteiger partial charge in [-0.25, -0.2) is 29.9 Å². The number of anilines is 1. The molecule has 6 aromatic carbocycles. The summed E-state index contributed by atoms with van der Waals surface area (Å²) in [6.07, 6.45) is 29.2. The Kier molecular flexibility index (Phi) is 30.6. The summed E-state index contributed by atoms with van der Waals surface area (Å²) in [6, 6.07) is 33.6. The fourth-order valence-electron chi connectivity index (χ4n) is 16.3. The highest BCUT2D eigenvalue weighted by Crippen LogP contribution is 2.49. The Bertz CT molecular complexity index is 6080. The van der Waals surface area contributed by atoms with Crippen LogP contribution in [0.4, 0.5) is 14.5 Å². The first kappa shape index (κ1) is 93.9. The zero-order valence-electron chi connectivity index (χ0n) is 78.9. The standard InChI is InChI=1S/2C16H22N2O.C15H16F2N2O.C15H17N3O.C15H18N2O.C15H18N2.C12H16N2O/c1-5-8-19-16-9-14(12(2)3)6-7-15(16)18-10-13(4)17-11-18;1-5-14-10-18(11-17-14)15-8-7-13(12(3)4)9-16(15)19-6-2;1-9(2)11-4-5-12(19-6-10(3)18-8-19)14-13(11)15(16,17)7-20-14;1-9(2)12-5-6-13(18-7-10(3)16-8-18)15-14(12)11(4)17-19-15;1-10(2)12-4-5-14(15-13(12)6-7-18-15)17-8-11(3)16-9-17;1-10(2)12-6-7-15(14-5-4-13(12)14)17-8-11(3)16-9-17;1-8(2)10-4-5-12-11(13-10)6-7-14(12)9(3)15/h6-7,9-12H,5,8H2,1-4H3;7-12H,5-6H2,1-4H3;4-6,8-9H,7H2,1-3H3;5-9H,1-4H3;4-5,8-10H,6-7H2,1-3H3;6-10H,4-5H2,1-3H3;4-5,8H,6-7H2,1-3H3. The number of pyridine rings is 1. The van der Waals surface area contributed by atoms with Gasteiger partial charge in [0.15, 0.2) is 17.9 Å².